The quantitative estimate of drug-likeness (QED) is 0.778. The van der Waals surface area contributed by atoms with Gasteiger partial charge >= 0.3 is 0 Å². The van der Waals surface area contributed by atoms with Gasteiger partial charge in [0.25, 0.3) is 5.91 Å². The predicted octanol–water partition coefficient (Wildman–Crippen LogP) is 4.23. The van der Waals surface area contributed by atoms with E-state index in [0.717, 1.165) is 73.5 Å². The van der Waals surface area contributed by atoms with Gasteiger partial charge in [-0.1, -0.05) is 12.1 Å². The molecule has 4 rings (SSSR count). The topological polar surface area (TPSA) is 41.6 Å². The number of rotatable bonds is 6. The van der Waals surface area contributed by atoms with Gasteiger partial charge in [-0.2, -0.15) is 0 Å². The van der Waals surface area contributed by atoms with Crippen LogP contribution in [0.3, 0.4) is 0 Å². The van der Waals surface area contributed by atoms with Crippen LogP contribution in [0.15, 0.2) is 36.4 Å². The maximum Gasteiger partial charge on any atom is 0.253 e. The molecule has 144 valence electrons. The number of benzene rings is 2. The third kappa shape index (κ3) is 4.62. The number of hydrogen-bond donors (Lipinski definition) is 1. The molecule has 0 spiro atoms. The summed E-state index contributed by atoms with van der Waals surface area (Å²) >= 11 is 0. The Kier molecular flexibility index (Phi) is 5.93. The van der Waals surface area contributed by atoms with Crippen LogP contribution in [-0.2, 0) is 0 Å². The van der Waals surface area contributed by atoms with Crippen molar-refractivity contribution in [3.8, 4) is 5.75 Å². The highest BCUT2D eigenvalue weighted by molar-refractivity contribution is 5.98. The summed E-state index contributed by atoms with van der Waals surface area (Å²) in [5.74, 6) is 1.89. The molecule has 2 aliphatic rings. The Morgan fingerprint density at radius 2 is 1.89 bits per heavy atom. The van der Waals surface area contributed by atoms with E-state index >= 15 is 0 Å². The van der Waals surface area contributed by atoms with Gasteiger partial charge in [0, 0.05) is 18.7 Å². The molecule has 2 aromatic carbocycles. The molecule has 1 amide bonds. The van der Waals surface area contributed by atoms with Crippen LogP contribution in [0.4, 0.5) is 0 Å². The van der Waals surface area contributed by atoms with Crippen LogP contribution in [0.1, 0.15) is 48.9 Å². The second kappa shape index (κ2) is 8.75. The van der Waals surface area contributed by atoms with E-state index in [9.17, 15) is 4.79 Å². The molecule has 0 aliphatic carbocycles. The number of carbonyl (C=O) groups is 1. The molecule has 4 heteroatoms. The lowest BCUT2D eigenvalue weighted by Crippen LogP contribution is -2.29. The van der Waals surface area contributed by atoms with Crippen molar-refractivity contribution >= 4 is 16.7 Å². The third-order valence-electron chi connectivity index (χ3n) is 5.88. The minimum atomic E-state index is 0.159. The van der Waals surface area contributed by atoms with E-state index in [0.29, 0.717) is 0 Å². The fraction of sp³-hybridized carbons (Fsp3) is 0.522. The monoisotopic (exact) mass is 366 g/mol. The molecule has 0 aromatic heterocycles. The molecule has 2 fully saturated rings. The summed E-state index contributed by atoms with van der Waals surface area (Å²) in [5.41, 5.74) is 0.791. The summed E-state index contributed by atoms with van der Waals surface area (Å²) in [5, 5.41) is 5.70. The minimum absolute atomic E-state index is 0.159. The summed E-state index contributed by atoms with van der Waals surface area (Å²) < 4.78 is 5.97. The van der Waals surface area contributed by atoms with Crippen LogP contribution in [-0.4, -0.2) is 43.6 Å². The highest BCUT2D eigenvalue weighted by Gasteiger charge is 2.19. The number of ether oxygens (including phenoxy) is 1. The number of carbonyl (C=O) groups excluding carboxylic acids is 1. The maximum absolute atomic E-state index is 12.6. The first-order valence-electron chi connectivity index (χ1n) is 10.5. The molecule has 0 saturated carbocycles. The lowest BCUT2D eigenvalue weighted by Gasteiger charge is -2.22. The van der Waals surface area contributed by atoms with Crippen LogP contribution in [0, 0.1) is 5.92 Å². The van der Waals surface area contributed by atoms with Crippen molar-refractivity contribution in [1.29, 1.82) is 0 Å². The van der Waals surface area contributed by atoms with Gasteiger partial charge in [0.15, 0.2) is 0 Å². The molecule has 2 aromatic rings. The highest BCUT2D eigenvalue weighted by Crippen LogP contribution is 2.24. The van der Waals surface area contributed by atoms with E-state index in [4.69, 9.17) is 4.74 Å². The molecule has 2 saturated heterocycles. The fourth-order valence-electron chi connectivity index (χ4n) is 4.28. The lowest BCUT2D eigenvalue weighted by atomic mass is 9.95. The number of fused-ring (bicyclic) bond motifs is 1. The van der Waals surface area contributed by atoms with Crippen molar-refractivity contribution in [2.24, 2.45) is 5.92 Å². The molecule has 1 N–H and O–H groups in total. The Balaban J connectivity index is 1.33. The zero-order valence-electron chi connectivity index (χ0n) is 16.1. The van der Waals surface area contributed by atoms with E-state index in [2.05, 4.69) is 17.4 Å². The van der Waals surface area contributed by atoms with E-state index in [1.807, 2.05) is 29.2 Å². The maximum atomic E-state index is 12.6. The summed E-state index contributed by atoms with van der Waals surface area (Å²) in [4.78, 5) is 14.5. The molecule has 2 heterocycles. The van der Waals surface area contributed by atoms with Crippen molar-refractivity contribution in [2.45, 2.75) is 38.5 Å². The predicted molar refractivity (Wildman–Crippen MR) is 109 cm³/mol. The van der Waals surface area contributed by atoms with Crippen molar-refractivity contribution in [1.82, 2.24) is 10.2 Å². The van der Waals surface area contributed by atoms with Crippen LogP contribution < -0.4 is 10.1 Å². The largest absolute Gasteiger partial charge is 0.494 e. The van der Waals surface area contributed by atoms with E-state index in [1.54, 1.807) is 0 Å². The van der Waals surface area contributed by atoms with Gasteiger partial charge in [0.2, 0.25) is 0 Å². The van der Waals surface area contributed by atoms with E-state index in [1.165, 1.54) is 25.8 Å². The molecule has 2 aliphatic heterocycles. The summed E-state index contributed by atoms with van der Waals surface area (Å²) in [6.45, 7) is 4.89. The molecule has 0 bridgehead atoms. The summed E-state index contributed by atoms with van der Waals surface area (Å²) in [6.07, 6.45) is 7.24. The van der Waals surface area contributed by atoms with Crippen LogP contribution >= 0.6 is 0 Å². The average Bonchev–Trinajstić information content (AvgIpc) is 3.26. The number of likely N-dealkylation sites (tertiary alicyclic amines) is 1. The smallest absolute Gasteiger partial charge is 0.253 e. The van der Waals surface area contributed by atoms with Gasteiger partial charge in [-0.05, 0) is 92.6 Å². The molecular formula is C23H30N2O2. The van der Waals surface area contributed by atoms with Crippen LogP contribution in [0.5, 0.6) is 5.75 Å². The van der Waals surface area contributed by atoms with Crippen LogP contribution in [0.25, 0.3) is 10.8 Å². The first-order valence-corrected chi connectivity index (χ1v) is 10.5. The number of piperidine rings is 1. The Morgan fingerprint density at radius 3 is 2.70 bits per heavy atom. The molecular weight excluding hydrogens is 336 g/mol. The second-order valence-electron chi connectivity index (χ2n) is 7.93. The van der Waals surface area contributed by atoms with E-state index in [-0.39, 0.29) is 5.91 Å². The lowest BCUT2D eigenvalue weighted by molar-refractivity contribution is 0.0793. The number of amides is 1. The van der Waals surface area contributed by atoms with Gasteiger partial charge in [-0.25, -0.2) is 0 Å². The summed E-state index contributed by atoms with van der Waals surface area (Å²) in [6, 6.07) is 12.2. The molecule has 1 atom stereocenters. The Hall–Kier alpha value is -2.07. The van der Waals surface area contributed by atoms with Gasteiger partial charge in [0.05, 0.1) is 6.61 Å². The first kappa shape index (κ1) is 18.3. The number of nitrogens with zero attached hydrogens (tertiary/aromatic N) is 1. The third-order valence-corrected chi connectivity index (χ3v) is 5.88. The van der Waals surface area contributed by atoms with Gasteiger partial charge in [0.1, 0.15) is 5.75 Å². The number of hydrogen-bond acceptors (Lipinski definition) is 3. The average molecular weight is 367 g/mol. The van der Waals surface area contributed by atoms with Crippen molar-refractivity contribution in [3.63, 3.8) is 0 Å². The van der Waals surface area contributed by atoms with Gasteiger partial charge in [-0.3, -0.25) is 4.79 Å². The van der Waals surface area contributed by atoms with Gasteiger partial charge < -0.3 is 15.0 Å². The zero-order valence-corrected chi connectivity index (χ0v) is 16.1. The molecule has 4 nitrogen and oxygen atoms in total. The normalized spacial score (nSPS) is 20.1. The molecule has 0 radical (unpaired) electrons. The molecule has 1 unspecified atom stereocenters. The SMILES string of the molecule is O=C(c1ccc2cc(OCCCC3CCCNC3)ccc2c1)N1CCCC1. The Labute approximate surface area is 161 Å². The zero-order chi connectivity index (χ0) is 18.5. The summed E-state index contributed by atoms with van der Waals surface area (Å²) in [7, 11) is 0. The van der Waals surface area contributed by atoms with Crippen molar-refractivity contribution in [2.75, 3.05) is 32.8 Å². The van der Waals surface area contributed by atoms with Gasteiger partial charge in [-0.15, -0.1) is 0 Å². The molecule has 27 heavy (non-hydrogen) atoms. The van der Waals surface area contributed by atoms with Crippen LogP contribution in [0.2, 0.25) is 0 Å². The second-order valence-corrected chi connectivity index (χ2v) is 7.93. The van der Waals surface area contributed by atoms with Crippen molar-refractivity contribution < 1.29 is 9.53 Å². The van der Waals surface area contributed by atoms with E-state index < -0.39 is 0 Å². The standard InChI is InChI=1S/C23H30N2O2/c26-23(25-12-1-2-13-25)21-8-7-20-16-22(10-9-19(20)15-21)27-14-4-6-18-5-3-11-24-17-18/h7-10,15-16,18,24H,1-6,11-14,17H2. The highest BCUT2D eigenvalue weighted by atomic mass is 16.5. The number of nitrogens with one attached hydrogen (secondary N) is 1. The Bertz CT molecular complexity index is 777. The fourth-order valence-corrected chi connectivity index (χ4v) is 4.28. The van der Waals surface area contributed by atoms with Crippen molar-refractivity contribution in [3.05, 3.63) is 42.0 Å². The Morgan fingerprint density at radius 1 is 1.07 bits per heavy atom. The minimum Gasteiger partial charge on any atom is -0.494 e. The first-order chi connectivity index (χ1) is 13.3.